The van der Waals surface area contributed by atoms with Crippen molar-refractivity contribution in [3.05, 3.63) is 30.1 Å². The lowest BCUT2D eigenvalue weighted by Gasteiger charge is -1.97. The topological polar surface area (TPSA) is 42.4 Å². The van der Waals surface area contributed by atoms with Crippen molar-refractivity contribution >= 4 is 7.69 Å². The molecule has 0 unspecified atom stereocenters. The van der Waals surface area contributed by atoms with Gasteiger partial charge in [0.1, 0.15) is 0 Å². The zero-order valence-corrected chi connectivity index (χ0v) is 5.53. The zero-order chi connectivity index (χ0) is 7.23. The largest absolute Gasteiger partial charge is 0.435 e. The van der Waals surface area contributed by atoms with Gasteiger partial charge in [0, 0.05) is 12.4 Å². The predicted octanol–water partition coefficient (Wildman–Crippen LogP) is -0.143. The van der Waals surface area contributed by atoms with Crippen molar-refractivity contribution in [1.29, 1.82) is 0 Å². The van der Waals surface area contributed by atoms with Gasteiger partial charge in [0.25, 0.3) is 0 Å². The summed E-state index contributed by atoms with van der Waals surface area (Å²) in [6, 6.07) is 3.72. The molecule has 0 saturated carbocycles. The zero-order valence-electron chi connectivity index (χ0n) is 5.53. The highest BCUT2D eigenvalue weighted by Crippen LogP contribution is 1.95. The number of hydrogen-bond acceptors (Lipinski definition) is 3. The van der Waals surface area contributed by atoms with Crippen LogP contribution in [0.3, 0.4) is 0 Å². The molecule has 0 atom stereocenters. The van der Waals surface area contributed by atoms with Gasteiger partial charge in [0.2, 0.25) is 0 Å². The van der Waals surface area contributed by atoms with Gasteiger partial charge in [-0.15, -0.1) is 0 Å². The highest BCUT2D eigenvalue weighted by molar-refractivity contribution is 6.15. The summed E-state index contributed by atoms with van der Waals surface area (Å²) >= 11 is 0. The van der Waals surface area contributed by atoms with E-state index >= 15 is 0 Å². The van der Waals surface area contributed by atoms with E-state index in [1.54, 1.807) is 12.4 Å². The molecule has 0 spiro atoms. The fourth-order valence-corrected chi connectivity index (χ4v) is 0.647. The van der Waals surface area contributed by atoms with E-state index in [9.17, 15) is 0 Å². The van der Waals surface area contributed by atoms with Crippen molar-refractivity contribution < 1.29 is 9.68 Å². The van der Waals surface area contributed by atoms with Gasteiger partial charge in [-0.05, 0) is 11.6 Å². The summed E-state index contributed by atoms with van der Waals surface area (Å²) < 4.78 is 4.74. The van der Waals surface area contributed by atoms with E-state index < -0.39 is 0 Å². The SMILES string of the molecule is OBOCc1cccnc1. The molecule has 1 N–H and O–H groups in total. The van der Waals surface area contributed by atoms with Gasteiger partial charge < -0.3 is 9.68 Å². The number of aromatic nitrogens is 1. The van der Waals surface area contributed by atoms with Crippen LogP contribution >= 0.6 is 0 Å². The summed E-state index contributed by atoms with van der Waals surface area (Å²) in [7, 11) is -0.241. The summed E-state index contributed by atoms with van der Waals surface area (Å²) in [5, 5.41) is 8.28. The van der Waals surface area contributed by atoms with Gasteiger partial charge in [0.15, 0.2) is 0 Å². The minimum Gasteiger partial charge on any atom is -0.430 e. The third-order valence-corrected chi connectivity index (χ3v) is 1.08. The number of pyridine rings is 1. The first-order valence-corrected chi connectivity index (χ1v) is 3.01. The van der Waals surface area contributed by atoms with E-state index in [1.807, 2.05) is 12.1 Å². The van der Waals surface area contributed by atoms with Crippen LogP contribution in [0.2, 0.25) is 0 Å². The van der Waals surface area contributed by atoms with Gasteiger partial charge in [-0.2, -0.15) is 0 Å². The van der Waals surface area contributed by atoms with E-state index in [0.29, 0.717) is 6.61 Å². The third-order valence-electron chi connectivity index (χ3n) is 1.08. The van der Waals surface area contributed by atoms with Crippen molar-refractivity contribution in [3.8, 4) is 0 Å². The maximum absolute atomic E-state index is 8.28. The molecule has 1 aromatic rings. The van der Waals surface area contributed by atoms with Crippen LogP contribution in [-0.2, 0) is 11.3 Å². The second kappa shape index (κ2) is 4.03. The molecule has 0 fully saturated rings. The van der Waals surface area contributed by atoms with Crippen LogP contribution in [0.25, 0.3) is 0 Å². The Morgan fingerprint density at radius 3 is 3.20 bits per heavy atom. The van der Waals surface area contributed by atoms with Gasteiger partial charge in [-0.1, -0.05) is 6.07 Å². The Kier molecular flexibility index (Phi) is 2.92. The van der Waals surface area contributed by atoms with Crippen LogP contribution in [0.15, 0.2) is 24.5 Å². The Balaban J connectivity index is 2.43. The second-order valence-corrected chi connectivity index (χ2v) is 1.84. The molecule has 0 amide bonds. The molecule has 0 saturated heterocycles. The maximum atomic E-state index is 8.28. The first kappa shape index (κ1) is 7.24. The fourth-order valence-electron chi connectivity index (χ4n) is 0.647. The first-order chi connectivity index (χ1) is 4.93. The van der Waals surface area contributed by atoms with Crippen LogP contribution in [0.4, 0.5) is 0 Å². The average Bonchev–Trinajstić information content (AvgIpc) is 2.03. The lowest BCUT2D eigenvalue weighted by Crippen LogP contribution is -1.97. The summed E-state index contributed by atoms with van der Waals surface area (Å²) in [4.78, 5) is 3.88. The molecule has 0 aliphatic rings. The van der Waals surface area contributed by atoms with E-state index in [1.165, 1.54) is 0 Å². The Labute approximate surface area is 60.0 Å². The molecule has 0 aliphatic carbocycles. The lowest BCUT2D eigenvalue weighted by atomic mass is 10.3. The molecule has 52 valence electrons. The predicted molar refractivity (Wildman–Crippen MR) is 38.4 cm³/mol. The molecule has 0 bridgehead atoms. The molecule has 0 aromatic carbocycles. The summed E-state index contributed by atoms with van der Waals surface area (Å²) in [6.45, 7) is 0.421. The van der Waals surface area contributed by atoms with Crippen molar-refractivity contribution in [2.24, 2.45) is 0 Å². The standard InChI is InChI=1S/C6H8BNO2/c9-7-10-5-6-2-1-3-8-4-6/h1-4,7,9H,5H2. The van der Waals surface area contributed by atoms with Crippen LogP contribution in [0.5, 0.6) is 0 Å². The summed E-state index contributed by atoms with van der Waals surface area (Å²) in [5.74, 6) is 0. The normalized spacial score (nSPS) is 9.30. The van der Waals surface area contributed by atoms with Gasteiger partial charge in [-0.3, -0.25) is 4.98 Å². The van der Waals surface area contributed by atoms with Gasteiger partial charge in [0.05, 0.1) is 6.61 Å². The van der Waals surface area contributed by atoms with E-state index in [2.05, 4.69) is 4.98 Å². The Morgan fingerprint density at radius 2 is 2.60 bits per heavy atom. The lowest BCUT2D eigenvalue weighted by molar-refractivity contribution is 0.273. The van der Waals surface area contributed by atoms with Crippen LogP contribution in [0, 0.1) is 0 Å². The molecule has 10 heavy (non-hydrogen) atoms. The average molecular weight is 137 g/mol. The molecule has 3 nitrogen and oxygen atoms in total. The van der Waals surface area contributed by atoms with Gasteiger partial charge >= 0.3 is 7.69 Å². The van der Waals surface area contributed by atoms with Gasteiger partial charge in [-0.25, -0.2) is 0 Å². The highest BCUT2D eigenvalue weighted by Gasteiger charge is 1.89. The van der Waals surface area contributed by atoms with E-state index in [0.717, 1.165) is 5.56 Å². The number of hydrogen-bond donors (Lipinski definition) is 1. The Hall–Kier alpha value is -0.865. The third kappa shape index (κ3) is 2.17. The highest BCUT2D eigenvalue weighted by atomic mass is 16.5. The summed E-state index contributed by atoms with van der Waals surface area (Å²) in [5.41, 5.74) is 0.969. The van der Waals surface area contributed by atoms with E-state index in [4.69, 9.17) is 9.68 Å². The quantitative estimate of drug-likeness (QED) is 0.589. The molecular formula is C6H8BNO2. The molecule has 1 rings (SSSR count). The second-order valence-electron chi connectivity index (χ2n) is 1.84. The molecule has 1 aromatic heterocycles. The number of rotatable bonds is 3. The minimum absolute atomic E-state index is 0.241. The maximum Gasteiger partial charge on any atom is 0.435 e. The van der Waals surface area contributed by atoms with Crippen molar-refractivity contribution in [2.75, 3.05) is 0 Å². The fraction of sp³-hybridized carbons (Fsp3) is 0.167. The molecule has 0 radical (unpaired) electrons. The minimum atomic E-state index is -0.241. The monoisotopic (exact) mass is 137 g/mol. The molecule has 0 aliphatic heterocycles. The Bertz CT molecular complexity index is 180. The van der Waals surface area contributed by atoms with Crippen molar-refractivity contribution in [2.45, 2.75) is 6.61 Å². The molecular weight excluding hydrogens is 129 g/mol. The Morgan fingerprint density at radius 1 is 1.70 bits per heavy atom. The van der Waals surface area contributed by atoms with Crippen LogP contribution < -0.4 is 0 Å². The van der Waals surface area contributed by atoms with Crippen molar-refractivity contribution in [1.82, 2.24) is 4.98 Å². The molecule has 4 heteroatoms. The smallest absolute Gasteiger partial charge is 0.430 e. The summed E-state index contributed by atoms with van der Waals surface area (Å²) in [6.07, 6.45) is 3.40. The van der Waals surface area contributed by atoms with Crippen LogP contribution in [-0.4, -0.2) is 17.7 Å². The number of nitrogens with zero attached hydrogens (tertiary/aromatic N) is 1. The van der Waals surface area contributed by atoms with Crippen LogP contribution in [0.1, 0.15) is 5.56 Å². The van der Waals surface area contributed by atoms with Crippen molar-refractivity contribution in [3.63, 3.8) is 0 Å². The molecule has 1 heterocycles. The van der Waals surface area contributed by atoms with E-state index in [-0.39, 0.29) is 7.69 Å². The first-order valence-electron chi connectivity index (χ1n) is 3.01.